The third-order valence-electron chi connectivity index (χ3n) is 6.79. The van der Waals surface area contributed by atoms with Crippen molar-refractivity contribution in [2.24, 2.45) is 11.8 Å². The number of aromatic nitrogens is 1. The molecule has 3 heterocycles. The normalized spacial score (nSPS) is 25.8. The monoisotopic (exact) mass is 416 g/mol. The first-order valence-electron chi connectivity index (χ1n) is 10.6. The van der Waals surface area contributed by atoms with Crippen LogP contribution >= 0.6 is 0 Å². The van der Waals surface area contributed by atoms with Crippen molar-refractivity contribution in [2.45, 2.75) is 56.9 Å². The molecule has 9 nitrogen and oxygen atoms in total. The molecule has 9 heteroatoms. The van der Waals surface area contributed by atoms with E-state index in [4.69, 9.17) is 4.74 Å². The summed E-state index contributed by atoms with van der Waals surface area (Å²) in [4.78, 5) is 41.2. The smallest absolute Gasteiger partial charge is 0.405 e. The molecule has 1 saturated heterocycles. The van der Waals surface area contributed by atoms with Gasteiger partial charge in [-0.3, -0.25) is 9.59 Å². The van der Waals surface area contributed by atoms with Crippen molar-refractivity contribution in [3.8, 4) is 0 Å². The zero-order chi connectivity index (χ0) is 21.3. The lowest BCUT2D eigenvalue weighted by Crippen LogP contribution is -2.49. The summed E-state index contributed by atoms with van der Waals surface area (Å²) >= 11 is 0. The molecule has 1 saturated carbocycles. The first-order chi connectivity index (χ1) is 14.4. The Morgan fingerprint density at radius 2 is 1.97 bits per heavy atom. The van der Waals surface area contributed by atoms with Crippen molar-refractivity contribution < 1.29 is 24.2 Å². The molecule has 0 bridgehead atoms. The number of nitrogens with zero attached hydrogens (tertiary/aromatic N) is 1. The summed E-state index contributed by atoms with van der Waals surface area (Å²) in [6.07, 6.45) is 5.18. The Balaban J connectivity index is 1.50. The van der Waals surface area contributed by atoms with Gasteiger partial charge in [0.05, 0.1) is 11.1 Å². The highest BCUT2D eigenvalue weighted by atomic mass is 16.5. The summed E-state index contributed by atoms with van der Waals surface area (Å²) in [5.74, 6) is 0.359. The number of fused-ring (bicyclic) bond motifs is 2. The van der Waals surface area contributed by atoms with E-state index in [-0.39, 0.29) is 11.8 Å². The Hall–Kier alpha value is -2.68. The lowest BCUT2D eigenvalue weighted by atomic mass is 9.76. The number of amides is 3. The fraction of sp³-hybridized carbons (Fsp3) is 0.619. The van der Waals surface area contributed by atoms with E-state index in [9.17, 15) is 19.5 Å². The van der Waals surface area contributed by atoms with Crippen LogP contribution in [0, 0.1) is 11.8 Å². The zero-order valence-electron chi connectivity index (χ0n) is 17.1. The highest BCUT2D eigenvalue weighted by Gasteiger charge is 2.48. The summed E-state index contributed by atoms with van der Waals surface area (Å²) in [6, 6.07) is 0.817. The lowest BCUT2D eigenvalue weighted by molar-refractivity contribution is -0.124. The molecule has 4 N–H and O–H groups in total. The van der Waals surface area contributed by atoms with E-state index in [2.05, 4.69) is 27.9 Å². The van der Waals surface area contributed by atoms with Gasteiger partial charge in [-0.05, 0) is 37.5 Å². The highest BCUT2D eigenvalue weighted by molar-refractivity contribution is 6.07. The van der Waals surface area contributed by atoms with E-state index < -0.39 is 23.5 Å². The fourth-order valence-electron chi connectivity index (χ4n) is 4.94. The number of ether oxygens (including phenoxy) is 1. The van der Waals surface area contributed by atoms with Crippen LogP contribution in [0.25, 0.3) is 0 Å². The van der Waals surface area contributed by atoms with E-state index in [1.165, 1.54) is 0 Å². The van der Waals surface area contributed by atoms with Crippen LogP contribution in [0.3, 0.4) is 0 Å². The maximum atomic E-state index is 12.9. The van der Waals surface area contributed by atoms with E-state index in [0.717, 1.165) is 31.2 Å². The zero-order valence-corrected chi connectivity index (χ0v) is 17.1. The van der Waals surface area contributed by atoms with E-state index >= 15 is 0 Å². The average molecular weight is 416 g/mol. The van der Waals surface area contributed by atoms with Crippen LogP contribution in [0.1, 0.15) is 51.0 Å². The van der Waals surface area contributed by atoms with Gasteiger partial charge in [-0.1, -0.05) is 19.8 Å². The Kier molecular flexibility index (Phi) is 5.64. The Morgan fingerprint density at radius 1 is 1.27 bits per heavy atom. The summed E-state index contributed by atoms with van der Waals surface area (Å²) in [5, 5.41) is 17.2. The highest BCUT2D eigenvalue weighted by Crippen LogP contribution is 2.44. The molecule has 0 radical (unpaired) electrons. The number of carbonyl (C=O) groups excluding carboxylic acids is 2. The number of anilines is 2. The maximum absolute atomic E-state index is 12.9. The average Bonchev–Trinajstić information content (AvgIpc) is 2.98. The van der Waals surface area contributed by atoms with Crippen molar-refractivity contribution in [2.75, 3.05) is 23.8 Å². The summed E-state index contributed by atoms with van der Waals surface area (Å²) < 4.78 is 5.41. The van der Waals surface area contributed by atoms with Crippen molar-refractivity contribution in [3.63, 3.8) is 0 Å². The topological polar surface area (TPSA) is 130 Å². The minimum absolute atomic E-state index is 0.0445. The molecule has 162 valence electrons. The van der Waals surface area contributed by atoms with Crippen LogP contribution in [-0.4, -0.2) is 47.3 Å². The molecule has 1 aliphatic carbocycles. The molecule has 30 heavy (non-hydrogen) atoms. The van der Waals surface area contributed by atoms with Crippen LogP contribution in [0.15, 0.2) is 12.3 Å². The van der Waals surface area contributed by atoms with Crippen molar-refractivity contribution in [1.29, 1.82) is 0 Å². The number of carbonyl (C=O) groups is 3. The molecule has 1 spiro atoms. The van der Waals surface area contributed by atoms with E-state index in [0.29, 0.717) is 43.5 Å². The lowest BCUT2D eigenvalue weighted by Gasteiger charge is -2.32. The van der Waals surface area contributed by atoms with Crippen LogP contribution in [0.4, 0.5) is 16.3 Å². The maximum Gasteiger partial charge on any atom is 0.405 e. The number of nitrogens with one attached hydrogen (secondary N) is 3. The van der Waals surface area contributed by atoms with Gasteiger partial charge >= 0.3 is 6.09 Å². The first kappa shape index (κ1) is 20.6. The molecule has 1 aromatic rings. The second-order valence-electron chi connectivity index (χ2n) is 8.70. The van der Waals surface area contributed by atoms with Gasteiger partial charge < -0.3 is 25.8 Å². The Bertz CT molecular complexity index is 844. The molecule has 2 aliphatic heterocycles. The minimum atomic E-state index is -1.22. The SMILES string of the molecule is CC1CCC([C@H](NC(=O)O)C(=O)Nc2cc3c(cn2)C2(CCOCC2)C(=O)N3)CC1. The second-order valence-corrected chi connectivity index (χ2v) is 8.70. The predicted molar refractivity (Wildman–Crippen MR) is 109 cm³/mol. The van der Waals surface area contributed by atoms with Crippen molar-refractivity contribution >= 4 is 29.4 Å². The molecule has 1 aromatic heterocycles. The summed E-state index contributed by atoms with van der Waals surface area (Å²) in [6.45, 7) is 3.21. The van der Waals surface area contributed by atoms with Crippen molar-refractivity contribution in [1.82, 2.24) is 10.3 Å². The van der Waals surface area contributed by atoms with Crippen LogP contribution < -0.4 is 16.0 Å². The molecular weight excluding hydrogens is 388 g/mol. The third kappa shape index (κ3) is 3.86. The number of carboxylic acid groups (broad SMARTS) is 1. The Labute approximate surface area is 175 Å². The van der Waals surface area contributed by atoms with Crippen LogP contribution in [0.2, 0.25) is 0 Å². The van der Waals surface area contributed by atoms with Gasteiger partial charge in [0.2, 0.25) is 11.8 Å². The van der Waals surface area contributed by atoms with Crippen LogP contribution in [0.5, 0.6) is 0 Å². The summed E-state index contributed by atoms with van der Waals surface area (Å²) in [5.41, 5.74) is 0.853. The van der Waals surface area contributed by atoms with Crippen LogP contribution in [-0.2, 0) is 19.7 Å². The molecule has 3 aliphatic rings. The van der Waals surface area contributed by atoms with Gasteiger partial charge in [0.15, 0.2) is 0 Å². The largest absolute Gasteiger partial charge is 0.465 e. The summed E-state index contributed by atoms with van der Waals surface area (Å²) in [7, 11) is 0. The predicted octanol–water partition coefficient (Wildman–Crippen LogP) is 2.48. The van der Waals surface area contributed by atoms with Gasteiger partial charge in [0.25, 0.3) is 0 Å². The fourth-order valence-corrected chi connectivity index (χ4v) is 4.94. The molecule has 2 fully saturated rings. The van der Waals surface area contributed by atoms with Gasteiger partial charge in [-0.15, -0.1) is 0 Å². The number of pyridine rings is 1. The molecule has 0 aromatic carbocycles. The standard InChI is InChI=1S/C21H28N4O5/c1-12-2-4-13(5-3-12)17(25-20(28)29)18(26)24-16-10-15-14(11-22-16)21(19(27)23-15)6-8-30-9-7-21/h10-13,17,25H,2-9H2,1H3,(H,23,27)(H,28,29)(H,22,24,26)/t12?,13?,17-/m0/s1. The second kappa shape index (κ2) is 8.22. The third-order valence-corrected chi connectivity index (χ3v) is 6.79. The van der Waals surface area contributed by atoms with Gasteiger partial charge in [-0.25, -0.2) is 9.78 Å². The molecule has 0 unspecified atom stereocenters. The van der Waals surface area contributed by atoms with Gasteiger partial charge in [0.1, 0.15) is 11.9 Å². The molecule has 4 rings (SSSR count). The minimum Gasteiger partial charge on any atom is -0.465 e. The first-order valence-corrected chi connectivity index (χ1v) is 10.6. The molecule has 3 amide bonds. The molecular formula is C21H28N4O5. The number of rotatable bonds is 4. The van der Waals surface area contributed by atoms with E-state index in [1.54, 1.807) is 12.3 Å². The van der Waals surface area contributed by atoms with Gasteiger partial charge in [0, 0.05) is 31.0 Å². The number of hydrogen-bond acceptors (Lipinski definition) is 5. The Morgan fingerprint density at radius 3 is 2.63 bits per heavy atom. The van der Waals surface area contributed by atoms with Gasteiger partial charge in [-0.2, -0.15) is 0 Å². The quantitative estimate of drug-likeness (QED) is 0.597. The van der Waals surface area contributed by atoms with E-state index in [1.807, 2.05) is 0 Å². The molecule has 1 atom stereocenters. The van der Waals surface area contributed by atoms with Crippen molar-refractivity contribution in [3.05, 3.63) is 17.8 Å². The number of hydrogen-bond donors (Lipinski definition) is 4.